The Hall–Kier alpha value is -1.16. The molecule has 0 aromatic heterocycles. The van der Waals surface area contributed by atoms with Crippen molar-refractivity contribution >= 4 is 31.8 Å². The second kappa shape index (κ2) is 5.65. The van der Waals surface area contributed by atoms with Crippen LogP contribution in [0.4, 0.5) is 0 Å². The van der Waals surface area contributed by atoms with Crippen LogP contribution in [0.5, 0.6) is 0 Å². The molecule has 18 heavy (non-hydrogen) atoms. The number of hydrazine groups is 1. The predicted octanol–water partition coefficient (Wildman–Crippen LogP) is -0.257. The van der Waals surface area contributed by atoms with Crippen LogP contribution in [0.2, 0.25) is 0 Å². The fraction of sp³-hybridized carbons (Fsp3) is 0.222. The molecule has 0 aliphatic heterocycles. The highest BCUT2D eigenvalue weighted by Gasteiger charge is 2.23. The van der Waals surface area contributed by atoms with Gasteiger partial charge >= 0.3 is 0 Å². The molecular formula is C9H14BrN5O2S. The van der Waals surface area contributed by atoms with Gasteiger partial charge in [-0.25, -0.2) is 19.4 Å². The lowest BCUT2D eigenvalue weighted by atomic mass is 10.0. The number of amidine groups is 1. The van der Waals surface area contributed by atoms with Crippen molar-refractivity contribution in [3.8, 4) is 0 Å². The summed E-state index contributed by atoms with van der Waals surface area (Å²) in [5.74, 6) is 10.5. The maximum absolute atomic E-state index is 11.7. The summed E-state index contributed by atoms with van der Waals surface area (Å²) in [6.45, 7) is 1.87. The van der Waals surface area contributed by atoms with Gasteiger partial charge in [0, 0.05) is 10.0 Å². The van der Waals surface area contributed by atoms with Crippen molar-refractivity contribution in [3.05, 3.63) is 27.7 Å². The number of hydrazone groups is 1. The minimum Gasteiger partial charge on any atom is -0.321 e. The molecule has 0 atom stereocenters. The normalized spacial score (nSPS) is 12.6. The number of rotatable bonds is 3. The molecule has 0 bridgehead atoms. The van der Waals surface area contributed by atoms with Crippen molar-refractivity contribution in [2.45, 2.75) is 18.2 Å². The number of sulfonamides is 1. The van der Waals surface area contributed by atoms with Gasteiger partial charge in [-0.15, -0.1) is 0 Å². The van der Waals surface area contributed by atoms with Crippen molar-refractivity contribution in [2.75, 3.05) is 0 Å². The Balaban J connectivity index is 3.79. The number of hydrogen-bond acceptors (Lipinski definition) is 5. The van der Waals surface area contributed by atoms with E-state index in [4.69, 9.17) is 16.8 Å². The van der Waals surface area contributed by atoms with Gasteiger partial charge in [-0.3, -0.25) is 0 Å². The lowest BCUT2D eigenvalue weighted by molar-refractivity contribution is 0.597. The van der Waals surface area contributed by atoms with Crippen LogP contribution in [-0.4, -0.2) is 14.3 Å². The third-order valence-corrected chi connectivity index (χ3v) is 4.28. The van der Waals surface area contributed by atoms with Crippen LogP contribution >= 0.6 is 15.9 Å². The van der Waals surface area contributed by atoms with Crippen LogP contribution in [0, 0.1) is 0 Å². The monoisotopic (exact) mass is 335 g/mol. The van der Waals surface area contributed by atoms with Gasteiger partial charge in [0.05, 0.1) is 0 Å². The topological polar surface area (TPSA) is 137 Å². The molecule has 0 spiro atoms. The molecule has 1 aromatic carbocycles. The fourth-order valence-corrected chi connectivity index (χ4v) is 3.46. The Bertz CT molecular complexity index is 585. The molecule has 0 aliphatic carbocycles. The Morgan fingerprint density at radius 3 is 2.50 bits per heavy atom. The zero-order chi connectivity index (χ0) is 13.9. The Morgan fingerprint density at radius 2 is 2.11 bits per heavy atom. The number of primary sulfonamides is 1. The summed E-state index contributed by atoms with van der Waals surface area (Å²) in [5.41, 5.74) is 3.26. The summed E-state index contributed by atoms with van der Waals surface area (Å²) >= 11 is 3.15. The molecule has 0 amide bonds. The molecule has 100 valence electrons. The van der Waals surface area contributed by atoms with Gasteiger partial charge in [-0.2, -0.15) is 5.10 Å². The molecule has 0 saturated heterocycles. The standard InChI is InChI=1S/C9H14BrN5O2S/c1-2-5-3-4-6(10)8(18(13,16)17)7(5)9(14-11)15-12/h3-4H,2,11-12H2,1H3,(H,14,15)(H2,13,16,17). The van der Waals surface area contributed by atoms with Gasteiger partial charge in [0.25, 0.3) is 0 Å². The average molecular weight is 336 g/mol. The van der Waals surface area contributed by atoms with Crippen molar-refractivity contribution < 1.29 is 8.42 Å². The number of aryl methyl sites for hydroxylation is 1. The SMILES string of the molecule is CCc1ccc(Br)c(S(N)(=O)=O)c1/C(=N/N)NN. The van der Waals surface area contributed by atoms with E-state index in [-0.39, 0.29) is 16.3 Å². The molecule has 7 N–H and O–H groups in total. The van der Waals surface area contributed by atoms with Crippen LogP contribution in [0.3, 0.4) is 0 Å². The van der Waals surface area contributed by atoms with E-state index in [2.05, 4.69) is 26.5 Å². The third-order valence-electron chi connectivity index (χ3n) is 2.36. The number of nitrogens with two attached hydrogens (primary N) is 3. The highest BCUT2D eigenvalue weighted by atomic mass is 79.9. The second-order valence-corrected chi connectivity index (χ2v) is 5.78. The maximum Gasteiger partial charge on any atom is 0.239 e. The molecule has 1 aromatic rings. The van der Waals surface area contributed by atoms with E-state index in [0.29, 0.717) is 16.5 Å². The molecule has 1 rings (SSSR count). The predicted molar refractivity (Wildman–Crippen MR) is 72.9 cm³/mol. The Labute approximate surface area is 114 Å². The molecule has 0 radical (unpaired) electrons. The third kappa shape index (κ3) is 2.80. The van der Waals surface area contributed by atoms with E-state index in [0.717, 1.165) is 0 Å². The highest BCUT2D eigenvalue weighted by Crippen LogP contribution is 2.28. The summed E-state index contributed by atoms with van der Waals surface area (Å²) in [6, 6.07) is 3.35. The Kier molecular flexibility index (Phi) is 4.68. The smallest absolute Gasteiger partial charge is 0.239 e. The summed E-state index contributed by atoms with van der Waals surface area (Å²) in [4.78, 5) is -0.0935. The zero-order valence-electron chi connectivity index (χ0n) is 9.64. The fourth-order valence-electron chi connectivity index (χ4n) is 1.60. The summed E-state index contributed by atoms with van der Waals surface area (Å²) in [7, 11) is -3.94. The summed E-state index contributed by atoms with van der Waals surface area (Å²) < 4.78 is 23.7. The summed E-state index contributed by atoms with van der Waals surface area (Å²) in [5, 5.41) is 8.65. The summed E-state index contributed by atoms with van der Waals surface area (Å²) in [6.07, 6.45) is 0.575. The zero-order valence-corrected chi connectivity index (χ0v) is 12.0. The number of nitrogens with one attached hydrogen (secondary N) is 1. The molecule has 0 heterocycles. The molecule has 7 nitrogen and oxygen atoms in total. The first-order valence-electron chi connectivity index (χ1n) is 4.95. The van der Waals surface area contributed by atoms with Crippen LogP contribution < -0.4 is 22.3 Å². The Morgan fingerprint density at radius 1 is 1.50 bits per heavy atom. The van der Waals surface area contributed by atoms with Crippen molar-refractivity contribution in [1.82, 2.24) is 5.43 Å². The van der Waals surface area contributed by atoms with E-state index >= 15 is 0 Å². The van der Waals surface area contributed by atoms with Crippen molar-refractivity contribution in [3.63, 3.8) is 0 Å². The van der Waals surface area contributed by atoms with Crippen LogP contribution in [0.25, 0.3) is 0 Å². The minimum absolute atomic E-state index is 0.0529. The van der Waals surface area contributed by atoms with Gasteiger partial charge in [0.1, 0.15) is 4.90 Å². The first-order chi connectivity index (χ1) is 8.36. The minimum atomic E-state index is -3.94. The molecule has 9 heteroatoms. The van der Waals surface area contributed by atoms with Gasteiger partial charge in [-0.05, 0) is 34.0 Å². The van der Waals surface area contributed by atoms with E-state index in [1.165, 1.54) is 0 Å². The number of hydrogen-bond donors (Lipinski definition) is 4. The number of benzene rings is 1. The maximum atomic E-state index is 11.7. The number of halogens is 1. The second-order valence-electron chi connectivity index (χ2n) is 3.43. The lowest BCUT2D eigenvalue weighted by Gasteiger charge is -2.15. The number of nitrogens with zero attached hydrogens (tertiary/aromatic N) is 1. The van der Waals surface area contributed by atoms with E-state index in [9.17, 15) is 8.42 Å². The molecule has 0 saturated carbocycles. The molecule has 0 unspecified atom stereocenters. The lowest BCUT2D eigenvalue weighted by Crippen LogP contribution is -2.35. The first-order valence-corrected chi connectivity index (χ1v) is 7.29. The molecular weight excluding hydrogens is 322 g/mol. The van der Waals surface area contributed by atoms with E-state index in [1.54, 1.807) is 12.1 Å². The van der Waals surface area contributed by atoms with Crippen LogP contribution in [0.15, 0.2) is 26.6 Å². The van der Waals surface area contributed by atoms with Crippen LogP contribution in [0.1, 0.15) is 18.1 Å². The van der Waals surface area contributed by atoms with Crippen LogP contribution in [-0.2, 0) is 16.4 Å². The first kappa shape index (κ1) is 14.9. The van der Waals surface area contributed by atoms with Gasteiger partial charge in [-0.1, -0.05) is 13.0 Å². The highest BCUT2D eigenvalue weighted by molar-refractivity contribution is 9.10. The largest absolute Gasteiger partial charge is 0.321 e. The van der Waals surface area contributed by atoms with E-state index < -0.39 is 10.0 Å². The quantitative estimate of drug-likeness (QED) is 0.261. The van der Waals surface area contributed by atoms with Gasteiger partial charge in [0.15, 0.2) is 5.84 Å². The average Bonchev–Trinajstić information content (AvgIpc) is 2.29. The van der Waals surface area contributed by atoms with Gasteiger partial charge < -0.3 is 11.3 Å². The van der Waals surface area contributed by atoms with Crippen molar-refractivity contribution in [1.29, 1.82) is 0 Å². The molecule has 0 aliphatic rings. The van der Waals surface area contributed by atoms with Gasteiger partial charge in [0.2, 0.25) is 10.0 Å². The molecule has 0 fully saturated rings. The van der Waals surface area contributed by atoms with E-state index in [1.807, 2.05) is 6.92 Å². The van der Waals surface area contributed by atoms with Crippen molar-refractivity contribution in [2.24, 2.45) is 21.9 Å².